The third kappa shape index (κ3) is 4.57. The first-order valence-electron chi connectivity index (χ1n) is 9.14. The third-order valence-electron chi connectivity index (χ3n) is 4.51. The summed E-state index contributed by atoms with van der Waals surface area (Å²) in [5.41, 5.74) is 1.86. The molecular weight excluding hydrogens is 363 g/mol. The molecule has 28 heavy (non-hydrogen) atoms. The number of halogens is 1. The van der Waals surface area contributed by atoms with Gasteiger partial charge < -0.3 is 15.0 Å². The van der Waals surface area contributed by atoms with E-state index in [-0.39, 0.29) is 19.0 Å². The molecule has 0 saturated carbocycles. The number of hydrogen-bond donors (Lipinski definition) is 1. The van der Waals surface area contributed by atoms with Crippen molar-refractivity contribution in [1.82, 2.24) is 10.3 Å². The van der Waals surface area contributed by atoms with Gasteiger partial charge in [0, 0.05) is 32.4 Å². The van der Waals surface area contributed by atoms with Crippen LogP contribution in [0.5, 0.6) is 0 Å². The van der Waals surface area contributed by atoms with Gasteiger partial charge in [-0.15, -0.1) is 0 Å². The highest BCUT2D eigenvalue weighted by molar-refractivity contribution is 5.90. The Kier molecular flexibility index (Phi) is 6.08. The van der Waals surface area contributed by atoms with Crippen LogP contribution in [0.3, 0.4) is 0 Å². The Labute approximate surface area is 163 Å². The molecule has 1 aliphatic heterocycles. The lowest BCUT2D eigenvalue weighted by Gasteiger charge is -2.24. The van der Waals surface area contributed by atoms with Gasteiger partial charge in [0.15, 0.2) is 0 Å². The smallest absolute Gasteiger partial charge is 0.414 e. The number of hydrogen-bond acceptors (Lipinski definition) is 5. The van der Waals surface area contributed by atoms with Gasteiger partial charge in [0.25, 0.3) is 0 Å². The van der Waals surface area contributed by atoms with E-state index in [0.29, 0.717) is 24.5 Å². The summed E-state index contributed by atoms with van der Waals surface area (Å²) in [6.07, 6.45) is 2.44. The molecule has 8 heteroatoms. The van der Waals surface area contributed by atoms with Gasteiger partial charge in [0.05, 0.1) is 24.5 Å². The summed E-state index contributed by atoms with van der Waals surface area (Å²) in [5.74, 6) is -0.612. The Bertz CT molecular complexity index is 847. The fraction of sp³-hybridized carbons (Fsp3) is 0.350. The topological polar surface area (TPSA) is 74.8 Å². The lowest BCUT2D eigenvalue weighted by atomic mass is 10.2. The molecule has 148 valence electrons. The number of anilines is 2. The van der Waals surface area contributed by atoms with Gasteiger partial charge >= 0.3 is 6.09 Å². The SMILES string of the molecule is CCN(Cc1cccnc1)c1ccc(N2C[C@H](CNC(C)=O)OC2=O)cc1F. The molecule has 3 rings (SSSR count). The number of pyridine rings is 1. The monoisotopic (exact) mass is 386 g/mol. The van der Waals surface area contributed by atoms with Crippen molar-refractivity contribution < 1.29 is 18.7 Å². The lowest BCUT2D eigenvalue weighted by molar-refractivity contribution is -0.119. The van der Waals surface area contributed by atoms with E-state index in [2.05, 4.69) is 10.3 Å². The van der Waals surface area contributed by atoms with Crippen LogP contribution in [0.2, 0.25) is 0 Å². The summed E-state index contributed by atoms with van der Waals surface area (Å²) in [7, 11) is 0. The highest BCUT2D eigenvalue weighted by Gasteiger charge is 2.32. The molecule has 1 fully saturated rings. The Morgan fingerprint density at radius 2 is 2.25 bits per heavy atom. The van der Waals surface area contributed by atoms with Crippen molar-refractivity contribution in [2.24, 2.45) is 0 Å². The maximum Gasteiger partial charge on any atom is 0.414 e. The van der Waals surface area contributed by atoms with E-state index in [1.165, 1.54) is 17.9 Å². The molecule has 1 aliphatic rings. The Balaban J connectivity index is 1.72. The summed E-state index contributed by atoms with van der Waals surface area (Å²) in [6.45, 7) is 4.99. The largest absolute Gasteiger partial charge is 0.442 e. The van der Waals surface area contributed by atoms with Gasteiger partial charge in [-0.1, -0.05) is 6.07 Å². The maximum atomic E-state index is 14.8. The number of carbonyl (C=O) groups excluding carboxylic acids is 2. The summed E-state index contributed by atoms with van der Waals surface area (Å²) in [5, 5.41) is 2.62. The highest BCUT2D eigenvalue weighted by Crippen LogP contribution is 2.28. The van der Waals surface area contributed by atoms with Crippen molar-refractivity contribution in [3.63, 3.8) is 0 Å². The van der Waals surface area contributed by atoms with Crippen LogP contribution in [0.15, 0.2) is 42.7 Å². The molecule has 7 nitrogen and oxygen atoms in total. The number of nitrogens with zero attached hydrogens (tertiary/aromatic N) is 3. The van der Waals surface area contributed by atoms with Crippen LogP contribution in [0.25, 0.3) is 0 Å². The average Bonchev–Trinajstić information content (AvgIpc) is 3.06. The van der Waals surface area contributed by atoms with Gasteiger partial charge in [-0.3, -0.25) is 14.7 Å². The quantitative estimate of drug-likeness (QED) is 0.792. The molecule has 0 spiro atoms. The van der Waals surface area contributed by atoms with E-state index in [4.69, 9.17) is 4.74 Å². The van der Waals surface area contributed by atoms with E-state index in [1.807, 2.05) is 24.0 Å². The van der Waals surface area contributed by atoms with Crippen molar-refractivity contribution >= 4 is 23.4 Å². The number of amides is 2. The van der Waals surface area contributed by atoms with E-state index < -0.39 is 18.0 Å². The van der Waals surface area contributed by atoms with Crippen LogP contribution in [0.1, 0.15) is 19.4 Å². The second-order valence-electron chi connectivity index (χ2n) is 6.56. The number of ether oxygens (including phenoxy) is 1. The molecule has 1 atom stereocenters. The fourth-order valence-corrected chi connectivity index (χ4v) is 3.10. The second-order valence-corrected chi connectivity index (χ2v) is 6.56. The lowest BCUT2D eigenvalue weighted by Crippen LogP contribution is -2.33. The van der Waals surface area contributed by atoms with Crippen molar-refractivity contribution in [1.29, 1.82) is 0 Å². The van der Waals surface area contributed by atoms with Crippen LogP contribution < -0.4 is 15.1 Å². The molecule has 0 aliphatic carbocycles. The van der Waals surface area contributed by atoms with Crippen molar-refractivity contribution in [3.8, 4) is 0 Å². The van der Waals surface area contributed by atoms with Crippen LogP contribution in [-0.2, 0) is 16.1 Å². The minimum absolute atomic E-state index is 0.196. The van der Waals surface area contributed by atoms with Crippen molar-refractivity contribution in [3.05, 3.63) is 54.1 Å². The summed E-state index contributed by atoms with van der Waals surface area (Å²) in [6, 6.07) is 8.49. The Morgan fingerprint density at radius 3 is 2.89 bits per heavy atom. The molecule has 1 aromatic heterocycles. The predicted octanol–water partition coefficient (Wildman–Crippen LogP) is 2.71. The second kappa shape index (κ2) is 8.69. The summed E-state index contributed by atoms with van der Waals surface area (Å²) >= 11 is 0. The summed E-state index contributed by atoms with van der Waals surface area (Å²) < 4.78 is 20.1. The molecule has 0 bridgehead atoms. The summed E-state index contributed by atoms with van der Waals surface area (Å²) in [4.78, 5) is 30.5. The molecule has 1 saturated heterocycles. The first-order valence-corrected chi connectivity index (χ1v) is 9.14. The number of benzene rings is 1. The normalized spacial score (nSPS) is 16.0. The highest BCUT2D eigenvalue weighted by atomic mass is 19.1. The number of cyclic esters (lactones) is 1. The van der Waals surface area contributed by atoms with Crippen LogP contribution in [-0.4, -0.2) is 42.7 Å². The van der Waals surface area contributed by atoms with E-state index in [1.54, 1.807) is 24.5 Å². The van der Waals surface area contributed by atoms with Gasteiger partial charge in [-0.05, 0) is 36.8 Å². The zero-order valence-corrected chi connectivity index (χ0v) is 15.9. The predicted molar refractivity (Wildman–Crippen MR) is 104 cm³/mol. The van der Waals surface area contributed by atoms with Crippen molar-refractivity contribution in [2.45, 2.75) is 26.5 Å². The first kappa shape index (κ1) is 19.6. The molecule has 2 aromatic rings. The van der Waals surface area contributed by atoms with Gasteiger partial charge in [0.2, 0.25) is 5.91 Å². The Morgan fingerprint density at radius 1 is 1.43 bits per heavy atom. The van der Waals surface area contributed by atoms with Crippen LogP contribution >= 0.6 is 0 Å². The molecule has 0 unspecified atom stereocenters. The molecule has 0 radical (unpaired) electrons. The number of aromatic nitrogens is 1. The van der Waals surface area contributed by atoms with Gasteiger partial charge in [0.1, 0.15) is 11.9 Å². The number of carbonyl (C=O) groups is 2. The molecular formula is C20H23FN4O3. The van der Waals surface area contributed by atoms with Gasteiger partial charge in [-0.25, -0.2) is 9.18 Å². The first-order chi connectivity index (χ1) is 13.5. The van der Waals surface area contributed by atoms with Crippen molar-refractivity contribution in [2.75, 3.05) is 29.4 Å². The molecule has 2 amide bonds. The number of rotatable bonds is 7. The minimum atomic E-state index is -0.551. The molecule has 1 N–H and O–H groups in total. The van der Waals surface area contributed by atoms with Crippen LogP contribution in [0.4, 0.5) is 20.6 Å². The average molecular weight is 386 g/mol. The third-order valence-corrected chi connectivity index (χ3v) is 4.51. The van der Waals surface area contributed by atoms with E-state index in [9.17, 15) is 14.0 Å². The minimum Gasteiger partial charge on any atom is -0.442 e. The zero-order chi connectivity index (χ0) is 20.1. The van der Waals surface area contributed by atoms with E-state index in [0.717, 1.165) is 5.56 Å². The zero-order valence-electron chi connectivity index (χ0n) is 15.9. The molecule has 2 heterocycles. The van der Waals surface area contributed by atoms with Gasteiger partial charge in [-0.2, -0.15) is 0 Å². The molecule has 1 aromatic carbocycles. The standard InChI is InChI=1S/C20H23FN4O3/c1-3-24(12-15-5-4-8-22-10-15)19-7-6-16(9-18(19)21)25-13-17(28-20(25)27)11-23-14(2)26/h4-10,17H,3,11-13H2,1-2H3,(H,23,26)/t17-/m0/s1. The van der Waals surface area contributed by atoms with Crippen LogP contribution in [0, 0.1) is 5.82 Å². The Hall–Kier alpha value is -3.16. The van der Waals surface area contributed by atoms with E-state index >= 15 is 0 Å². The maximum absolute atomic E-state index is 14.8. The fourth-order valence-electron chi connectivity index (χ4n) is 3.10. The number of nitrogens with one attached hydrogen (secondary N) is 1.